The Morgan fingerprint density at radius 1 is 1.47 bits per heavy atom. The second-order valence-corrected chi connectivity index (χ2v) is 9.73. The number of hydrogen-bond donors (Lipinski definition) is 4. The van der Waals surface area contributed by atoms with Crippen LogP contribution >= 0.6 is 20.4 Å². The van der Waals surface area contributed by atoms with E-state index in [9.17, 15) is 24.4 Å². The zero-order chi connectivity index (χ0) is 23.5. The van der Waals surface area contributed by atoms with Gasteiger partial charge in [0.1, 0.15) is 36.6 Å². The molecule has 1 aliphatic heterocycles. The largest absolute Gasteiger partial charge is 0.613 e. The number of H-pyrrole nitrogens is 1. The molecular formula is C19H29N3O8PS+. The Balaban J connectivity index is 1.53. The van der Waals surface area contributed by atoms with Gasteiger partial charge in [-0.2, -0.15) is 0 Å². The monoisotopic (exact) mass is 490 g/mol. The normalized spacial score (nSPS) is 30.1. The molecule has 4 N–H and O–H groups in total. The number of aromatic amines is 1. The Morgan fingerprint density at radius 3 is 2.81 bits per heavy atom. The smallest absolute Gasteiger partial charge is 0.461 e. The van der Waals surface area contributed by atoms with Crippen LogP contribution in [0.15, 0.2) is 17.1 Å². The van der Waals surface area contributed by atoms with Gasteiger partial charge in [0.15, 0.2) is 11.0 Å². The van der Waals surface area contributed by atoms with Crippen molar-refractivity contribution >= 4 is 26.4 Å². The fourth-order valence-electron chi connectivity index (χ4n) is 3.83. The van der Waals surface area contributed by atoms with Crippen LogP contribution in [0.2, 0.25) is 0 Å². The Bertz CT molecular complexity index is 945. The highest BCUT2D eigenvalue weighted by molar-refractivity contribution is 7.71. The quantitative estimate of drug-likeness (QED) is 0.239. The van der Waals surface area contributed by atoms with E-state index in [-0.39, 0.29) is 17.5 Å². The molecule has 11 nitrogen and oxygen atoms in total. The van der Waals surface area contributed by atoms with Crippen LogP contribution in [0, 0.1) is 4.77 Å². The Hall–Kier alpha value is -1.53. The maximum absolute atomic E-state index is 12.3. The van der Waals surface area contributed by atoms with Gasteiger partial charge >= 0.3 is 14.1 Å². The van der Waals surface area contributed by atoms with Crippen LogP contribution in [0.4, 0.5) is 0 Å². The van der Waals surface area contributed by atoms with Crippen molar-refractivity contribution in [1.29, 1.82) is 0 Å². The molecule has 2 fully saturated rings. The number of rotatable bonds is 8. The van der Waals surface area contributed by atoms with Crippen molar-refractivity contribution in [3.8, 4) is 0 Å². The second-order valence-electron chi connectivity index (χ2n) is 8.32. The summed E-state index contributed by atoms with van der Waals surface area (Å²) >= 11 is 5.10. The summed E-state index contributed by atoms with van der Waals surface area (Å²) in [5.41, 5.74) is -2.18. The topological polar surface area (TPSA) is 152 Å². The van der Waals surface area contributed by atoms with E-state index in [1.54, 1.807) is 0 Å². The molecule has 178 valence electrons. The minimum Gasteiger partial charge on any atom is -0.461 e. The van der Waals surface area contributed by atoms with Gasteiger partial charge in [0.2, 0.25) is 0 Å². The molecule has 2 aliphatic rings. The molecule has 3 rings (SSSR count). The van der Waals surface area contributed by atoms with Gasteiger partial charge in [0, 0.05) is 12.3 Å². The Morgan fingerprint density at radius 2 is 2.16 bits per heavy atom. The molecule has 1 aromatic heterocycles. The van der Waals surface area contributed by atoms with Crippen molar-refractivity contribution in [1.82, 2.24) is 14.6 Å². The molecule has 1 saturated heterocycles. The molecule has 0 bridgehead atoms. The van der Waals surface area contributed by atoms with Crippen LogP contribution < -0.4 is 10.6 Å². The highest BCUT2D eigenvalue weighted by atomic mass is 32.1. The van der Waals surface area contributed by atoms with Crippen molar-refractivity contribution in [3.63, 3.8) is 0 Å². The average molecular weight is 490 g/mol. The lowest BCUT2D eigenvalue weighted by atomic mass is 9.96. The SMILES string of the molecule is C[C@H](N[P+](=O)OC[C@H]1O[C@@H](n2ccc(=O)[nH]c2=S)[C@](C)(O)C1O)C(=O)OC1CCCCC1. The molecule has 0 spiro atoms. The summed E-state index contributed by atoms with van der Waals surface area (Å²) in [5.74, 6) is -0.503. The minimum absolute atomic E-state index is 0.00888. The van der Waals surface area contributed by atoms with Crippen LogP contribution in [0.3, 0.4) is 0 Å². The number of esters is 1. The van der Waals surface area contributed by atoms with Gasteiger partial charge in [-0.25, -0.2) is 0 Å². The van der Waals surface area contributed by atoms with Gasteiger partial charge in [-0.1, -0.05) is 11.5 Å². The van der Waals surface area contributed by atoms with Crippen molar-refractivity contribution < 1.29 is 33.6 Å². The molecule has 2 unspecified atom stereocenters. The molecule has 6 atom stereocenters. The zero-order valence-electron chi connectivity index (χ0n) is 17.9. The van der Waals surface area contributed by atoms with E-state index >= 15 is 0 Å². The number of ether oxygens (including phenoxy) is 2. The first kappa shape index (κ1) is 25.1. The molecule has 0 amide bonds. The zero-order valence-corrected chi connectivity index (χ0v) is 19.6. The summed E-state index contributed by atoms with van der Waals surface area (Å²) in [6, 6.07) is 0.366. The van der Waals surface area contributed by atoms with E-state index in [2.05, 4.69) is 10.1 Å². The fourth-order valence-corrected chi connectivity index (χ4v) is 4.86. The summed E-state index contributed by atoms with van der Waals surface area (Å²) in [4.78, 5) is 26.0. The van der Waals surface area contributed by atoms with Gasteiger partial charge in [-0.3, -0.25) is 19.1 Å². The molecule has 1 saturated carbocycles. The first-order chi connectivity index (χ1) is 15.1. The highest BCUT2D eigenvalue weighted by Gasteiger charge is 2.54. The molecule has 2 heterocycles. The number of aliphatic hydroxyl groups excluding tert-OH is 1. The Kier molecular flexibility index (Phi) is 8.31. The molecule has 0 radical (unpaired) electrons. The van der Waals surface area contributed by atoms with Crippen LogP contribution in [-0.2, 0) is 23.4 Å². The summed E-state index contributed by atoms with van der Waals surface area (Å²) in [6.45, 7) is 2.56. The van der Waals surface area contributed by atoms with Crippen molar-refractivity contribution in [3.05, 3.63) is 27.4 Å². The number of carbonyl (C=O) groups excluding carboxylic acids is 1. The van der Waals surface area contributed by atoms with Gasteiger partial charge in [0.05, 0.1) is 0 Å². The fraction of sp³-hybridized carbons (Fsp3) is 0.737. The average Bonchev–Trinajstić information content (AvgIpc) is 2.96. The van der Waals surface area contributed by atoms with Crippen molar-refractivity contribution in [2.45, 2.75) is 82.1 Å². The predicted molar refractivity (Wildman–Crippen MR) is 116 cm³/mol. The third kappa shape index (κ3) is 5.88. The summed E-state index contributed by atoms with van der Waals surface area (Å²) < 4.78 is 30.0. The number of hydrogen-bond acceptors (Lipinski definition) is 9. The second kappa shape index (κ2) is 10.6. The van der Waals surface area contributed by atoms with E-state index in [1.165, 1.54) is 30.7 Å². The van der Waals surface area contributed by atoms with E-state index in [0.717, 1.165) is 32.1 Å². The van der Waals surface area contributed by atoms with Crippen LogP contribution in [0.25, 0.3) is 0 Å². The maximum Gasteiger partial charge on any atom is 0.613 e. The van der Waals surface area contributed by atoms with Crippen molar-refractivity contribution in [2.24, 2.45) is 0 Å². The molecular weight excluding hydrogens is 461 g/mol. The third-order valence-electron chi connectivity index (χ3n) is 5.70. The van der Waals surface area contributed by atoms with Gasteiger partial charge < -0.3 is 19.7 Å². The van der Waals surface area contributed by atoms with Gasteiger partial charge in [-0.05, 0) is 56.3 Å². The number of aliphatic hydroxyl groups is 2. The first-order valence-corrected chi connectivity index (χ1v) is 12.1. The minimum atomic E-state index is -2.47. The molecule has 1 aromatic rings. The highest BCUT2D eigenvalue weighted by Crippen LogP contribution is 2.39. The summed E-state index contributed by atoms with van der Waals surface area (Å²) in [6.07, 6.45) is 2.55. The lowest BCUT2D eigenvalue weighted by Gasteiger charge is -2.27. The molecule has 32 heavy (non-hydrogen) atoms. The molecule has 0 aromatic carbocycles. The molecule has 13 heteroatoms. The van der Waals surface area contributed by atoms with E-state index in [1.807, 2.05) is 0 Å². The van der Waals surface area contributed by atoms with Crippen molar-refractivity contribution in [2.75, 3.05) is 6.61 Å². The lowest BCUT2D eigenvalue weighted by Crippen LogP contribution is -2.44. The standard InChI is InChI=1S/C19H28N3O8PS/c1-11(16(25)29-12-6-4-3-5-7-12)21-31(27)28-10-13-15(24)19(2,26)17(30-13)22-9-8-14(23)20-18(22)32/h8-9,11-13,15,17,24,26H,3-7,10H2,1-2H3,(H-,20,21,23,27,32)/p+1/t11-,13+,15?,17+,19+/m0/s1. The molecule has 1 aliphatic carbocycles. The van der Waals surface area contributed by atoms with Gasteiger partial charge in [0.25, 0.3) is 5.56 Å². The summed E-state index contributed by atoms with van der Waals surface area (Å²) in [5, 5.41) is 23.8. The Labute approximate surface area is 191 Å². The van der Waals surface area contributed by atoms with Crippen LogP contribution in [-0.4, -0.2) is 62.3 Å². The van der Waals surface area contributed by atoms with Crippen LogP contribution in [0.5, 0.6) is 0 Å². The maximum atomic E-state index is 12.3. The first-order valence-electron chi connectivity index (χ1n) is 10.5. The third-order valence-corrected chi connectivity index (χ3v) is 7.00. The summed E-state index contributed by atoms with van der Waals surface area (Å²) in [7, 11) is -2.47. The number of aromatic nitrogens is 2. The number of carbonyl (C=O) groups is 1. The van der Waals surface area contributed by atoms with E-state index in [0.29, 0.717) is 0 Å². The van der Waals surface area contributed by atoms with E-state index < -0.39 is 49.8 Å². The lowest BCUT2D eigenvalue weighted by molar-refractivity contribution is -0.152. The van der Waals surface area contributed by atoms with Gasteiger partial charge in [-0.15, -0.1) is 4.52 Å². The van der Waals surface area contributed by atoms with Crippen LogP contribution in [0.1, 0.15) is 52.2 Å². The number of nitrogens with zero attached hydrogens (tertiary/aromatic N) is 1. The van der Waals surface area contributed by atoms with E-state index in [4.69, 9.17) is 26.2 Å². The predicted octanol–water partition coefficient (Wildman–Crippen LogP) is 1.44. The number of nitrogens with one attached hydrogen (secondary N) is 2.